The molecule has 0 radical (unpaired) electrons. The maximum absolute atomic E-state index is 11.7. The van der Waals surface area contributed by atoms with Crippen LogP contribution in [0.5, 0.6) is 0 Å². The van der Waals surface area contributed by atoms with E-state index in [4.69, 9.17) is 4.42 Å². The molecular formula is C12H10BrNO2. The van der Waals surface area contributed by atoms with Gasteiger partial charge in [-0.25, -0.2) is 0 Å². The zero-order valence-corrected chi connectivity index (χ0v) is 10.0. The smallest absolute Gasteiger partial charge is 0.258 e. The van der Waals surface area contributed by atoms with Gasteiger partial charge in [0.05, 0.1) is 11.8 Å². The molecule has 0 saturated carbocycles. The summed E-state index contributed by atoms with van der Waals surface area (Å²) in [5.74, 6) is -0.166. The topological polar surface area (TPSA) is 42.2 Å². The molecule has 0 spiro atoms. The Morgan fingerprint density at radius 2 is 2.25 bits per heavy atom. The zero-order chi connectivity index (χ0) is 11.4. The van der Waals surface area contributed by atoms with Gasteiger partial charge in [0.25, 0.3) is 5.91 Å². The third kappa shape index (κ3) is 2.52. The molecule has 1 heterocycles. The molecule has 1 aromatic heterocycles. The third-order valence-electron chi connectivity index (χ3n) is 2.12. The maximum atomic E-state index is 11.7. The molecular weight excluding hydrogens is 270 g/mol. The fraction of sp³-hybridized carbons (Fsp3) is 0.0833. The van der Waals surface area contributed by atoms with Crippen LogP contribution in [0.15, 0.2) is 47.3 Å². The van der Waals surface area contributed by atoms with Crippen LogP contribution in [0.2, 0.25) is 0 Å². The van der Waals surface area contributed by atoms with Crippen molar-refractivity contribution in [2.24, 2.45) is 0 Å². The number of hydrogen-bond acceptors (Lipinski definition) is 2. The van der Waals surface area contributed by atoms with E-state index in [1.807, 2.05) is 24.3 Å². The van der Waals surface area contributed by atoms with Crippen LogP contribution in [0.4, 0.5) is 5.69 Å². The number of benzene rings is 1. The van der Waals surface area contributed by atoms with Gasteiger partial charge in [0.15, 0.2) is 0 Å². The first-order chi connectivity index (χ1) is 7.79. The molecule has 3 nitrogen and oxygen atoms in total. The van der Waals surface area contributed by atoms with Gasteiger partial charge in [-0.1, -0.05) is 28.1 Å². The van der Waals surface area contributed by atoms with Crippen molar-refractivity contribution >= 4 is 27.5 Å². The normalized spacial score (nSPS) is 10.1. The predicted molar refractivity (Wildman–Crippen MR) is 65.7 cm³/mol. The van der Waals surface area contributed by atoms with Crippen molar-refractivity contribution in [3.05, 3.63) is 54.0 Å². The molecule has 0 aliphatic heterocycles. The molecule has 0 atom stereocenters. The minimum absolute atomic E-state index is 0.166. The number of hydrogen-bond donors (Lipinski definition) is 1. The largest absolute Gasteiger partial charge is 0.472 e. The lowest BCUT2D eigenvalue weighted by Crippen LogP contribution is -2.10. The summed E-state index contributed by atoms with van der Waals surface area (Å²) in [6.45, 7) is 0. The Hall–Kier alpha value is -1.55. The molecule has 0 bridgehead atoms. The molecule has 4 heteroatoms. The quantitative estimate of drug-likeness (QED) is 0.875. The number of nitrogens with one attached hydrogen (secondary N) is 1. The second-order valence-electron chi connectivity index (χ2n) is 3.30. The van der Waals surface area contributed by atoms with Gasteiger partial charge in [-0.2, -0.15) is 0 Å². The molecule has 16 heavy (non-hydrogen) atoms. The molecule has 2 rings (SSSR count). The van der Waals surface area contributed by atoms with Crippen molar-refractivity contribution in [2.75, 3.05) is 5.32 Å². The lowest BCUT2D eigenvalue weighted by Gasteiger charge is -2.04. The highest BCUT2D eigenvalue weighted by Gasteiger charge is 2.06. The predicted octanol–water partition coefficient (Wildman–Crippen LogP) is 3.43. The summed E-state index contributed by atoms with van der Waals surface area (Å²) in [5, 5.41) is 3.57. The molecule has 0 aliphatic carbocycles. The van der Waals surface area contributed by atoms with Gasteiger partial charge in [-0.05, 0) is 23.8 Å². The summed E-state index contributed by atoms with van der Waals surface area (Å²) in [4.78, 5) is 11.7. The Morgan fingerprint density at radius 1 is 1.38 bits per heavy atom. The number of amides is 1. The molecule has 0 unspecified atom stereocenters. The fourth-order valence-corrected chi connectivity index (χ4v) is 1.68. The van der Waals surface area contributed by atoms with Gasteiger partial charge in [-0.3, -0.25) is 4.79 Å². The number of halogens is 1. The average Bonchev–Trinajstić information content (AvgIpc) is 2.83. The van der Waals surface area contributed by atoms with Crippen molar-refractivity contribution in [3.63, 3.8) is 0 Å². The minimum Gasteiger partial charge on any atom is -0.472 e. The Morgan fingerprint density at radius 3 is 2.94 bits per heavy atom. The monoisotopic (exact) mass is 279 g/mol. The van der Waals surface area contributed by atoms with Gasteiger partial charge in [-0.15, -0.1) is 0 Å². The van der Waals surface area contributed by atoms with Crippen LogP contribution in [0.25, 0.3) is 0 Å². The second kappa shape index (κ2) is 4.99. The summed E-state index contributed by atoms with van der Waals surface area (Å²) < 4.78 is 4.85. The molecule has 82 valence electrons. The Balaban J connectivity index is 2.12. The van der Waals surface area contributed by atoms with E-state index in [9.17, 15) is 4.79 Å². The zero-order valence-electron chi connectivity index (χ0n) is 8.44. The summed E-state index contributed by atoms with van der Waals surface area (Å²) in [5.41, 5.74) is 2.41. The molecule has 2 aromatic rings. The molecule has 1 amide bonds. The van der Waals surface area contributed by atoms with Crippen LogP contribution in [0, 0.1) is 0 Å². The first-order valence-corrected chi connectivity index (χ1v) is 5.90. The maximum Gasteiger partial charge on any atom is 0.258 e. The van der Waals surface area contributed by atoms with Crippen LogP contribution in [-0.2, 0) is 5.33 Å². The number of rotatable bonds is 3. The molecule has 0 aliphatic rings. The summed E-state index contributed by atoms with van der Waals surface area (Å²) in [6.07, 6.45) is 2.90. The van der Waals surface area contributed by atoms with E-state index in [-0.39, 0.29) is 5.91 Å². The van der Waals surface area contributed by atoms with Gasteiger partial charge in [0.1, 0.15) is 6.26 Å². The second-order valence-corrected chi connectivity index (χ2v) is 3.86. The van der Waals surface area contributed by atoms with Crippen LogP contribution in [0.3, 0.4) is 0 Å². The van der Waals surface area contributed by atoms with Crippen molar-refractivity contribution in [1.29, 1.82) is 0 Å². The Bertz CT molecular complexity index is 480. The van der Waals surface area contributed by atoms with E-state index < -0.39 is 0 Å². The van der Waals surface area contributed by atoms with Gasteiger partial charge < -0.3 is 9.73 Å². The Kier molecular flexibility index (Phi) is 3.41. The first-order valence-electron chi connectivity index (χ1n) is 4.78. The Labute approximate surface area is 102 Å². The number of carbonyl (C=O) groups is 1. The fourth-order valence-electron chi connectivity index (χ4n) is 1.33. The highest BCUT2D eigenvalue weighted by molar-refractivity contribution is 9.08. The van der Waals surface area contributed by atoms with Crippen LogP contribution in [0.1, 0.15) is 15.9 Å². The average molecular weight is 280 g/mol. The summed E-state index contributed by atoms with van der Waals surface area (Å²) in [7, 11) is 0. The highest BCUT2D eigenvalue weighted by atomic mass is 79.9. The van der Waals surface area contributed by atoms with E-state index in [1.165, 1.54) is 12.5 Å². The van der Waals surface area contributed by atoms with E-state index >= 15 is 0 Å². The van der Waals surface area contributed by atoms with E-state index in [1.54, 1.807) is 6.07 Å². The molecule has 1 aromatic carbocycles. The van der Waals surface area contributed by atoms with Gasteiger partial charge in [0, 0.05) is 11.0 Å². The van der Waals surface area contributed by atoms with Crippen LogP contribution < -0.4 is 5.32 Å². The summed E-state index contributed by atoms with van der Waals surface area (Å²) in [6, 6.07) is 9.30. The SMILES string of the molecule is O=C(Nc1cccc(CBr)c1)c1ccoc1. The first kappa shape index (κ1) is 11.0. The standard InChI is InChI=1S/C12H10BrNO2/c13-7-9-2-1-3-11(6-9)14-12(15)10-4-5-16-8-10/h1-6,8H,7H2,(H,14,15). The lowest BCUT2D eigenvalue weighted by atomic mass is 10.2. The highest BCUT2D eigenvalue weighted by Crippen LogP contribution is 2.14. The van der Waals surface area contributed by atoms with Crippen molar-refractivity contribution < 1.29 is 9.21 Å². The van der Waals surface area contributed by atoms with Crippen molar-refractivity contribution in [1.82, 2.24) is 0 Å². The molecule has 0 fully saturated rings. The third-order valence-corrected chi connectivity index (χ3v) is 2.77. The number of anilines is 1. The van der Waals surface area contributed by atoms with Crippen molar-refractivity contribution in [3.8, 4) is 0 Å². The van der Waals surface area contributed by atoms with Crippen LogP contribution in [-0.4, -0.2) is 5.91 Å². The minimum atomic E-state index is -0.166. The summed E-state index contributed by atoms with van der Waals surface area (Å²) >= 11 is 3.37. The molecule has 1 N–H and O–H groups in total. The van der Waals surface area contributed by atoms with Crippen LogP contribution >= 0.6 is 15.9 Å². The van der Waals surface area contributed by atoms with E-state index in [2.05, 4.69) is 21.2 Å². The number of furan rings is 1. The van der Waals surface area contributed by atoms with Crippen molar-refractivity contribution in [2.45, 2.75) is 5.33 Å². The number of alkyl halides is 1. The van der Waals surface area contributed by atoms with E-state index in [0.29, 0.717) is 5.56 Å². The lowest BCUT2D eigenvalue weighted by molar-refractivity contribution is 0.102. The van der Waals surface area contributed by atoms with Gasteiger partial charge >= 0.3 is 0 Å². The molecule has 0 saturated heterocycles. The van der Waals surface area contributed by atoms with Gasteiger partial charge in [0.2, 0.25) is 0 Å². The number of carbonyl (C=O) groups excluding carboxylic acids is 1. The van der Waals surface area contributed by atoms with E-state index in [0.717, 1.165) is 16.6 Å².